The lowest BCUT2D eigenvalue weighted by Crippen LogP contribution is -2.29. The molecule has 5 nitrogen and oxygen atoms in total. The summed E-state index contributed by atoms with van der Waals surface area (Å²) in [5.74, 6) is -0.714. The first-order valence-corrected chi connectivity index (χ1v) is 10.2. The van der Waals surface area contributed by atoms with E-state index in [4.69, 9.17) is 0 Å². The summed E-state index contributed by atoms with van der Waals surface area (Å²) in [6.07, 6.45) is 0.527. The number of nitrogens with one attached hydrogen (secondary N) is 1. The van der Waals surface area contributed by atoms with Crippen molar-refractivity contribution >= 4 is 27.3 Å². The molecule has 0 saturated heterocycles. The number of hydrogen-bond donors (Lipinski definition) is 1. The van der Waals surface area contributed by atoms with E-state index in [1.165, 1.54) is 28.6 Å². The van der Waals surface area contributed by atoms with E-state index < -0.39 is 10.0 Å². The molecule has 1 heterocycles. The van der Waals surface area contributed by atoms with Crippen molar-refractivity contribution in [1.29, 1.82) is 0 Å². The van der Waals surface area contributed by atoms with E-state index in [1.54, 1.807) is 48.5 Å². The number of benzene rings is 3. The van der Waals surface area contributed by atoms with Gasteiger partial charge in [-0.1, -0.05) is 18.2 Å². The Morgan fingerprint density at radius 1 is 0.964 bits per heavy atom. The molecule has 0 radical (unpaired) electrons. The van der Waals surface area contributed by atoms with Crippen LogP contribution in [0.1, 0.15) is 15.9 Å². The van der Waals surface area contributed by atoms with Gasteiger partial charge in [0.25, 0.3) is 15.9 Å². The number of hydrogen-bond acceptors (Lipinski definition) is 3. The van der Waals surface area contributed by atoms with E-state index in [9.17, 15) is 17.6 Å². The number of halogens is 1. The summed E-state index contributed by atoms with van der Waals surface area (Å²) in [6, 6.07) is 18.7. The highest BCUT2D eigenvalue weighted by atomic mass is 32.2. The number of amides is 1. The topological polar surface area (TPSA) is 66.5 Å². The summed E-state index contributed by atoms with van der Waals surface area (Å²) in [5, 5.41) is 2.71. The molecule has 28 heavy (non-hydrogen) atoms. The number of anilines is 2. The highest BCUT2D eigenvalue weighted by molar-refractivity contribution is 7.92. The second-order valence-electron chi connectivity index (χ2n) is 6.44. The van der Waals surface area contributed by atoms with Crippen LogP contribution in [0.25, 0.3) is 0 Å². The van der Waals surface area contributed by atoms with Gasteiger partial charge in [-0.2, -0.15) is 0 Å². The molecule has 0 fully saturated rings. The number of rotatable bonds is 4. The average molecular weight is 396 g/mol. The molecule has 0 atom stereocenters. The lowest BCUT2D eigenvalue weighted by atomic mass is 10.1. The largest absolute Gasteiger partial charge is 0.322 e. The molecule has 0 aliphatic carbocycles. The fourth-order valence-corrected chi connectivity index (χ4v) is 4.74. The third-order valence-electron chi connectivity index (χ3n) is 4.63. The Balaban J connectivity index is 1.58. The Bertz CT molecular complexity index is 1130. The molecule has 7 heteroatoms. The zero-order valence-corrected chi connectivity index (χ0v) is 15.6. The van der Waals surface area contributed by atoms with Crippen molar-refractivity contribution in [2.45, 2.75) is 11.3 Å². The molecule has 1 aliphatic rings. The van der Waals surface area contributed by atoms with Gasteiger partial charge in [0.05, 0.1) is 10.6 Å². The van der Waals surface area contributed by atoms with Crippen molar-refractivity contribution in [2.24, 2.45) is 0 Å². The Morgan fingerprint density at radius 3 is 2.39 bits per heavy atom. The molecule has 0 bridgehead atoms. The number of fused-ring (bicyclic) bond motifs is 1. The van der Waals surface area contributed by atoms with Crippen LogP contribution in [0, 0.1) is 5.82 Å². The summed E-state index contributed by atoms with van der Waals surface area (Å²) in [5.41, 5.74) is 2.29. The fourth-order valence-electron chi connectivity index (χ4n) is 3.22. The monoisotopic (exact) mass is 396 g/mol. The molecule has 1 aliphatic heterocycles. The first kappa shape index (κ1) is 18.2. The van der Waals surface area contributed by atoms with Crippen LogP contribution in [0.4, 0.5) is 15.8 Å². The number of sulfonamides is 1. The Labute approximate surface area is 162 Å². The molecule has 4 rings (SSSR count). The predicted octanol–water partition coefficient (Wildman–Crippen LogP) is 3.83. The van der Waals surface area contributed by atoms with Crippen molar-refractivity contribution < 1.29 is 17.6 Å². The third kappa shape index (κ3) is 3.36. The second kappa shape index (κ2) is 7.09. The van der Waals surface area contributed by atoms with E-state index in [0.717, 1.165) is 5.56 Å². The summed E-state index contributed by atoms with van der Waals surface area (Å²) in [7, 11) is -3.64. The van der Waals surface area contributed by atoms with E-state index in [1.807, 2.05) is 0 Å². The van der Waals surface area contributed by atoms with Gasteiger partial charge in [0.1, 0.15) is 5.82 Å². The maximum Gasteiger partial charge on any atom is 0.264 e. The predicted molar refractivity (Wildman–Crippen MR) is 105 cm³/mol. The Kier molecular flexibility index (Phi) is 4.60. The molecule has 0 spiro atoms. The van der Waals surface area contributed by atoms with Crippen LogP contribution in [-0.4, -0.2) is 20.9 Å². The van der Waals surface area contributed by atoms with Crippen LogP contribution in [0.5, 0.6) is 0 Å². The average Bonchev–Trinajstić information content (AvgIpc) is 3.14. The normalized spacial score (nSPS) is 13.2. The van der Waals surface area contributed by atoms with Gasteiger partial charge in [0, 0.05) is 17.8 Å². The van der Waals surface area contributed by atoms with Crippen molar-refractivity contribution in [3.05, 3.63) is 89.7 Å². The minimum Gasteiger partial charge on any atom is -0.322 e. The number of carbonyl (C=O) groups is 1. The van der Waals surface area contributed by atoms with E-state index in [2.05, 4.69) is 5.32 Å². The minimum absolute atomic E-state index is 0.237. The fraction of sp³-hybridized carbons (Fsp3) is 0.0952. The van der Waals surface area contributed by atoms with Gasteiger partial charge in [-0.3, -0.25) is 9.10 Å². The van der Waals surface area contributed by atoms with Gasteiger partial charge in [-0.15, -0.1) is 0 Å². The summed E-state index contributed by atoms with van der Waals surface area (Å²) < 4.78 is 40.2. The van der Waals surface area contributed by atoms with Crippen molar-refractivity contribution in [2.75, 3.05) is 16.2 Å². The van der Waals surface area contributed by atoms with Gasteiger partial charge >= 0.3 is 0 Å². The molecular formula is C21H17FN2O3S. The molecule has 3 aromatic carbocycles. The van der Waals surface area contributed by atoms with Crippen LogP contribution >= 0.6 is 0 Å². The maximum atomic E-state index is 13.0. The van der Waals surface area contributed by atoms with Crippen LogP contribution in [0.3, 0.4) is 0 Å². The second-order valence-corrected chi connectivity index (χ2v) is 8.31. The third-order valence-corrected chi connectivity index (χ3v) is 6.46. The van der Waals surface area contributed by atoms with E-state index in [-0.39, 0.29) is 16.6 Å². The first-order valence-electron chi connectivity index (χ1n) is 8.73. The van der Waals surface area contributed by atoms with Gasteiger partial charge in [-0.05, 0) is 66.6 Å². The molecule has 0 aromatic heterocycles. The quantitative estimate of drug-likeness (QED) is 0.729. The SMILES string of the molecule is O=C(Nc1ccc(F)cc1)c1ccc2c(c1)CCN2S(=O)(=O)c1ccccc1. The minimum atomic E-state index is -3.64. The van der Waals surface area contributed by atoms with E-state index in [0.29, 0.717) is 29.9 Å². The lowest BCUT2D eigenvalue weighted by molar-refractivity contribution is 0.102. The van der Waals surface area contributed by atoms with Gasteiger partial charge in [0.2, 0.25) is 0 Å². The van der Waals surface area contributed by atoms with Gasteiger partial charge in [-0.25, -0.2) is 12.8 Å². The molecule has 142 valence electrons. The van der Waals surface area contributed by atoms with Crippen molar-refractivity contribution in [1.82, 2.24) is 0 Å². The maximum absolute atomic E-state index is 13.0. The zero-order chi connectivity index (χ0) is 19.7. The lowest BCUT2D eigenvalue weighted by Gasteiger charge is -2.19. The highest BCUT2D eigenvalue weighted by Gasteiger charge is 2.31. The smallest absolute Gasteiger partial charge is 0.264 e. The molecular weight excluding hydrogens is 379 g/mol. The van der Waals surface area contributed by atoms with Crippen molar-refractivity contribution in [3.8, 4) is 0 Å². The summed E-state index contributed by atoms with van der Waals surface area (Å²) in [6.45, 7) is 0.329. The molecule has 3 aromatic rings. The van der Waals surface area contributed by atoms with Gasteiger partial charge < -0.3 is 5.32 Å². The van der Waals surface area contributed by atoms with Gasteiger partial charge in [0.15, 0.2) is 0 Å². The molecule has 0 saturated carbocycles. The Morgan fingerprint density at radius 2 is 1.68 bits per heavy atom. The number of nitrogens with zero attached hydrogens (tertiary/aromatic N) is 1. The van der Waals surface area contributed by atoms with Crippen LogP contribution < -0.4 is 9.62 Å². The Hall–Kier alpha value is -3.19. The first-order chi connectivity index (χ1) is 13.4. The van der Waals surface area contributed by atoms with E-state index >= 15 is 0 Å². The molecule has 1 N–H and O–H groups in total. The van der Waals surface area contributed by atoms with Crippen LogP contribution in [0.2, 0.25) is 0 Å². The van der Waals surface area contributed by atoms with Crippen LogP contribution in [0.15, 0.2) is 77.7 Å². The summed E-state index contributed by atoms with van der Waals surface area (Å²) in [4.78, 5) is 12.7. The highest BCUT2D eigenvalue weighted by Crippen LogP contribution is 2.33. The summed E-state index contributed by atoms with van der Waals surface area (Å²) >= 11 is 0. The standard InChI is InChI=1S/C21H17FN2O3S/c22-17-7-9-18(10-8-17)23-21(25)16-6-11-20-15(14-16)12-13-24(20)28(26,27)19-4-2-1-3-5-19/h1-11,14H,12-13H2,(H,23,25). The molecule has 0 unspecified atom stereocenters. The van der Waals surface area contributed by atoms with Crippen LogP contribution in [-0.2, 0) is 16.4 Å². The zero-order valence-electron chi connectivity index (χ0n) is 14.8. The molecule has 1 amide bonds. The van der Waals surface area contributed by atoms with Crippen molar-refractivity contribution in [3.63, 3.8) is 0 Å². The number of carbonyl (C=O) groups excluding carboxylic acids is 1.